The molecule has 0 spiro atoms. The maximum atomic E-state index is 12.2. The maximum Gasteiger partial charge on any atom is 0.214 e. The van der Waals surface area contributed by atoms with Crippen LogP contribution in [0.3, 0.4) is 0 Å². The van der Waals surface area contributed by atoms with Gasteiger partial charge in [0.05, 0.1) is 11.4 Å². The fraction of sp³-hybridized carbons (Fsp3) is 0.571. The Labute approximate surface area is 115 Å². The van der Waals surface area contributed by atoms with Gasteiger partial charge in [0.15, 0.2) is 0 Å². The molecular weight excluding hydrogens is 262 g/mol. The normalized spacial score (nSPS) is 20.8. The van der Waals surface area contributed by atoms with Gasteiger partial charge in [0.2, 0.25) is 10.0 Å². The molecule has 1 aromatic carbocycles. The predicted octanol–water partition coefficient (Wildman–Crippen LogP) is 1.58. The van der Waals surface area contributed by atoms with Crippen molar-refractivity contribution in [1.29, 1.82) is 0 Å². The van der Waals surface area contributed by atoms with E-state index in [-0.39, 0.29) is 24.8 Å². The molecule has 0 amide bonds. The fourth-order valence-corrected chi connectivity index (χ4v) is 4.24. The smallest absolute Gasteiger partial charge is 0.214 e. The van der Waals surface area contributed by atoms with Crippen LogP contribution in [0.4, 0.5) is 0 Å². The van der Waals surface area contributed by atoms with Gasteiger partial charge in [-0.2, -0.15) is 4.31 Å². The van der Waals surface area contributed by atoms with E-state index >= 15 is 0 Å². The average molecular weight is 283 g/mol. The van der Waals surface area contributed by atoms with Gasteiger partial charge in [-0.05, 0) is 17.9 Å². The Balaban J connectivity index is 1.99. The third-order valence-corrected chi connectivity index (χ3v) is 5.79. The molecule has 19 heavy (non-hydrogen) atoms. The fourth-order valence-electron chi connectivity index (χ4n) is 2.33. The van der Waals surface area contributed by atoms with Crippen LogP contribution < -0.4 is 0 Å². The van der Waals surface area contributed by atoms with E-state index in [1.54, 1.807) is 0 Å². The van der Waals surface area contributed by atoms with Gasteiger partial charge in [-0.15, -0.1) is 0 Å². The molecule has 5 heteroatoms. The molecule has 1 fully saturated rings. The monoisotopic (exact) mass is 283 g/mol. The van der Waals surface area contributed by atoms with Crippen molar-refractivity contribution in [1.82, 2.24) is 4.31 Å². The molecule has 106 valence electrons. The van der Waals surface area contributed by atoms with E-state index in [1.165, 1.54) is 4.31 Å². The largest absolute Gasteiger partial charge is 0.387 e. The maximum absolute atomic E-state index is 12.2. The van der Waals surface area contributed by atoms with Crippen LogP contribution in [0.2, 0.25) is 0 Å². The van der Waals surface area contributed by atoms with Crippen molar-refractivity contribution in [2.75, 3.05) is 18.8 Å². The molecule has 2 rings (SSSR count). The van der Waals surface area contributed by atoms with E-state index in [2.05, 4.69) is 0 Å². The molecule has 1 saturated heterocycles. The summed E-state index contributed by atoms with van der Waals surface area (Å²) < 4.78 is 25.8. The summed E-state index contributed by atoms with van der Waals surface area (Å²) in [6, 6.07) is 9.63. The first kappa shape index (κ1) is 14.5. The highest BCUT2D eigenvalue weighted by molar-refractivity contribution is 7.89. The molecule has 1 unspecified atom stereocenters. The Morgan fingerprint density at radius 1 is 1.32 bits per heavy atom. The first-order valence-electron chi connectivity index (χ1n) is 6.61. The summed E-state index contributed by atoms with van der Waals surface area (Å²) in [4.78, 5) is 0. The molecule has 1 N–H and O–H groups in total. The Morgan fingerprint density at radius 2 is 1.89 bits per heavy atom. The molecule has 0 radical (unpaired) electrons. The molecule has 0 aromatic heterocycles. The second-order valence-corrected chi connectivity index (χ2v) is 7.45. The van der Waals surface area contributed by atoms with E-state index < -0.39 is 15.6 Å². The van der Waals surface area contributed by atoms with Gasteiger partial charge in [0.25, 0.3) is 0 Å². The summed E-state index contributed by atoms with van der Waals surface area (Å²) in [5.41, 5.74) is 0.209. The zero-order chi connectivity index (χ0) is 14.1. The molecule has 1 aliphatic rings. The van der Waals surface area contributed by atoms with Crippen molar-refractivity contribution in [2.24, 2.45) is 0 Å². The van der Waals surface area contributed by atoms with Crippen LogP contribution >= 0.6 is 0 Å². The Kier molecular flexibility index (Phi) is 3.99. The summed E-state index contributed by atoms with van der Waals surface area (Å²) in [6.07, 6.45) is 0.591. The molecule has 4 nitrogen and oxygen atoms in total. The SMILES string of the molecule is CCC1(O)CN(S(=O)(=O)CC(C)c2ccccc2)C1. The molecular formula is C14H21NO3S. The number of hydrogen-bond donors (Lipinski definition) is 1. The third-order valence-electron chi connectivity index (χ3n) is 3.82. The van der Waals surface area contributed by atoms with Crippen LogP contribution in [0.1, 0.15) is 31.7 Å². The molecule has 0 saturated carbocycles. The van der Waals surface area contributed by atoms with Crippen LogP contribution in [0.15, 0.2) is 30.3 Å². The van der Waals surface area contributed by atoms with Crippen molar-refractivity contribution in [3.8, 4) is 0 Å². The van der Waals surface area contributed by atoms with Gasteiger partial charge >= 0.3 is 0 Å². The van der Waals surface area contributed by atoms with E-state index in [4.69, 9.17) is 0 Å². The lowest BCUT2D eigenvalue weighted by Gasteiger charge is -2.45. The number of aliphatic hydroxyl groups is 1. The minimum Gasteiger partial charge on any atom is -0.387 e. The van der Waals surface area contributed by atoms with Gasteiger partial charge in [0.1, 0.15) is 0 Å². The van der Waals surface area contributed by atoms with Gasteiger partial charge in [-0.3, -0.25) is 0 Å². The van der Waals surface area contributed by atoms with Crippen LogP contribution in [0.25, 0.3) is 0 Å². The van der Waals surface area contributed by atoms with Crippen LogP contribution in [-0.4, -0.2) is 42.3 Å². The van der Waals surface area contributed by atoms with Gasteiger partial charge in [0, 0.05) is 13.1 Å². The minimum atomic E-state index is -3.28. The second-order valence-electron chi connectivity index (χ2n) is 5.44. The van der Waals surface area contributed by atoms with Crippen LogP contribution in [-0.2, 0) is 10.0 Å². The molecule has 0 aliphatic carbocycles. The van der Waals surface area contributed by atoms with Crippen molar-refractivity contribution in [2.45, 2.75) is 31.8 Å². The first-order valence-corrected chi connectivity index (χ1v) is 8.22. The minimum absolute atomic E-state index is 0.0403. The lowest BCUT2D eigenvalue weighted by Crippen LogP contribution is -2.63. The summed E-state index contributed by atoms with van der Waals surface area (Å²) >= 11 is 0. The molecule has 1 atom stereocenters. The third kappa shape index (κ3) is 3.16. The zero-order valence-electron chi connectivity index (χ0n) is 11.4. The van der Waals surface area contributed by atoms with Gasteiger partial charge in [-0.1, -0.05) is 44.2 Å². The Bertz CT molecular complexity index is 521. The van der Waals surface area contributed by atoms with Crippen molar-refractivity contribution in [3.05, 3.63) is 35.9 Å². The highest BCUT2D eigenvalue weighted by Crippen LogP contribution is 2.29. The molecule has 1 aliphatic heterocycles. The lowest BCUT2D eigenvalue weighted by molar-refractivity contribution is -0.0613. The number of rotatable bonds is 5. The van der Waals surface area contributed by atoms with Crippen molar-refractivity contribution < 1.29 is 13.5 Å². The first-order chi connectivity index (χ1) is 8.86. The predicted molar refractivity (Wildman–Crippen MR) is 75.5 cm³/mol. The van der Waals surface area contributed by atoms with Crippen LogP contribution in [0, 0.1) is 0 Å². The van der Waals surface area contributed by atoms with Gasteiger partial charge in [-0.25, -0.2) is 8.42 Å². The Morgan fingerprint density at radius 3 is 2.42 bits per heavy atom. The summed E-state index contributed by atoms with van der Waals surface area (Å²) in [7, 11) is -3.28. The molecule has 1 heterocycles. The summed E-state index contributed by atoms with van der Waals surface area (Å²) in [5.74, 6) is 0.0538. The van der Waals surface area contributed by atoms with Crippen molar-refractivity contribution in [3.63, 3.8) is 0 Å². The number of sulfonamides is 1. The highest BCUT2D eigenvalue weighted by Gasteiger charge is 2.45. The molecule has 0 bridgehead atoms. The zero-order valence-corrected chi connectivity index (χ0v) is 12.2. The summed E-state index contributed by atoms with van der Waals surface area (Å²) in [6.45, 7) is 4.25. The lowest BCUT2D eigenvalue weighted by atomic mass is 9.94. The summed E-state index contributed by atoms with van der Waals surface area (Å²) in [5, 5.41) is 9.90. The number of hydrogen-bond acceptors (Lipinski definition) is 3. The van der Waals surface area contributed by atoms with Crippen LogP contribution in [0.5, 0.6) is 0 Å². The van der Waals surface area contributed by atoms with E-state index in [1.807, 2.05) is 44.2 Å². The van der Waals surface area contributed by atoms with E-state index in [0.717, 1.165) is 5.56 Å². The van der Waals surface area contributed by atoms with Gasteiger partial charge < -0.3 is 5.11 Å². The topological polar surface area (TPSA) is 57.6 Å². The highest BCUT2D eigenvalue weighted by atomic mass is 32.2. The molecule has 1 aromatic rings. The standard InChI is InChI=1S/C14H21NO3S/c1-3-14(16)10-15(11-14)19(17,18)9-12(2)13-7-5-4-6-8-13/h4-8,12,16H,3,9-11H2,1-2H3. The second kappa shape index (κ2) is 5.23. The number of nitrogens with zero attached hydrogens (tertiary/aromatic N) is 1. The average Bonchev–Trinajstić information content (AvgIpc) is 2.35. The number of β-amino-alcohol motifs (C(OH)–C–C–N with tert-alkyl or cyclic N) is 1. The number of benzene rings is 1. The Hall–Kier alpha value is -0.910. The quantitative estimate of drug-likeness (QED) is 0.892. The van der Waals surface area contributed by atoms with Crippen molar-refractivity contribution >= 4 is 10.0 Å². The van der Waals surface area contributed by atoms with E-state index in [0.29, 0.717) is 6.42 Å². The van der Waals surface area contributed by atoms with E-state index in [9.17, 15) is 13.5 Å².